The van der Waals surface area contributed by atoms with E-state index in [9.17, 15) is 14.9 Å². The number of carbonyl (C=O) groups excluding carboxylic acids is 1. The molecule has 3 aromatic rings. The van der Waals surface area contributed by atoms with Crippen molar-refractivity contribution in [1.82, 2.24) is 4.98 Å². The summed E-state index contributed by atoms with van der Waals surface area (Å²) in [5.74, 6) is -0.420. The zero-order valence-corrected chi connectivity index (χ0v) is 15.7. The molecule has 1 N–H and O–H groups in total. The summed E-state index contributed by atoms with van der Waals surface area (Å²) in [6.45, 7) is 1.41. The largest absolute Gasteiger partial charge is 0.477 e. The predicted octanol–water partition coefficient (Wildman–Crippen LogP) is 4.70. The van der Waals surface area contributed by atoms with Crippen LogP contribution in [0.15, 0.2) is 47.8 Å². The second-order valence-corrected chi connectivity index (χ2v) is 6.85. The maximum Gasteiger partial charge on any atom is 0.310 e. The normalized spacial score (nSPS) is 10.4. The summed E-state index contributed by atoms with van der Waals surface area (Å²) in [7, 11) is 0. The van der Waals surface area contributed by atoms with E-state index in [-0.39, 0.29) is 18.0 Å². The number of aromatic nitrogens is 1. The third kappa shape index (κ3) is 4.60. The first-order valence-corrected chi connectivity index (χ1v) is 9.08. The van der Waals surface area contributed by atoms with Gasteiger partial charge in [0.25, 0.3) is 5.91 Å². The van der Waals surface area contributed by atoms with Crippen LogP contribution in [0.25, 0.3) is 11.3 Å². The Morgan fingerprint density at radius 1 is 1.33 bits per heavy atom. The number of nitrogens with zero attached hydrogens (tertiary/aromatic N) is 2. The molecule has 0 bridgehead atoms. The van der Waals surface area contributed by atoms with Gasteiger partial charge in [-0.1, -0.05) is 35.9 Å². The minimum absolute atomic E-state index is 0.0473. The van der Waals surface area contributed by atoms with Crippen LogP contribution >= 0.6 is 22.9 Å². The van der Waals surface area contributed by atoms with Crippen LogP contribution in [0.5, 0.6) is 5.75 Å². The van der Waals surface area contributed by atoms with Crippen molar-refractivity contribution in [3.63, 3.8) is 0 Å². The van der Waals surface area contributed by atoms with Gasteiger partial charge in [0.15, 0.2) is 17.5 Å². The molecule has 0 unspecified atom stereocenters. The fraction of sp³-hybridized carbons (Fsp3) is 0.111. The van der Waals surface area contributed by atoms with E-state index in [1.165, 1.54) is 23.5 Å². The van der Waals surface area contributed by atoms with Gasteiger partial charge >= 0.3 is 5.69 Å². The lowest BCUT2D eigenvalue weighted by molar-refractivity contribution is -0.385. The maximum absolute atomic E-state index is 12.1. The number of ether oxygens (including phenoxy) is 1. The summed E-state index contributed by atoms with van der Waals surface area (Å²) in [5, 5.41) is 16.4. The Balaban J connectivity index is 1.65. The van der Waals surface area contributed by atoms with E-state index in [0.29, 0.717) is 15.8 Å². The standard InChI is InChI=1S/C18H14ClN3O4S/c1-11-6-7-15(22(24)25)16(8-11)26-9-17(23)21-18-20-14(10-27-18)12-4-2-3-5-13(12)19/h2-8,10H,9H2,1H3,(H,20,21,23). The average molecular weight is 404 g/mol. The topological polar surface area (TPSA) is 94.4 Å². The van der Waals surface area contributed by atoms with Crippen molar-refractivity contribution < 1.29 is 14.5 Å². The fourth-order valence-corrected chi connectivity index (χ4v) is 3.27. The van der Waals surface area contributed by atoms with Gasteiger partial charge in [-0.25, -0.2) is 4.98 Å². The van der Waals surface area contributed by atoms with Gasteiger partial charge in [0.2, 0.25) is 0 Å². The molecule has 0 atom stereocenters. The highest BCUT2D eigenvalue weighted by atomic mass is 35.5. The number of nitro benzene ring substituents is 1. The molecule has 0 aliphatic heterocycles. The second-order valence-electron chi connectivity index (χ2n) is 5.58. The minimum Gasteiger partial charge on any atom is -0.477 e. The van der Waals surface area contributed by atoms with Gasteiger partial charge in [-0.05, 0) is 24.6 Å². The third-order valence-corrected chi connectivity index (χ3v) is 4.66. The smallest absolute Gasteiger partial charge is 0.310 e. The van der Waals surface area contributed by atoms with Crippen molar-refractivity contribution >= 4 is 39.7 Å². The molecule has 2 aromatic carbocycles. The van der Waals surface area contributed by atoms with Crippen molar-refractivity contribution in [1.29, 1.82) is 0 Å². The highest BCUT2D eigenvalue weighted by Crippen LogP contribution is 2.30. The van der Waals surface area contributed by atoms with Crippen LogP contribution < -0.4 is 10.1 Å². The van der Waals surface area contributed by atoms with Crippen molar-refractivity contribution in [2.45, 2.75) is 6.92 Å². The van der Waals surface area contributed by atoms with Crippen LogP contribution in [0.2, 0.25) is 5.02 Å². The highest BCUT2D eigenvalue weighted by molar-refractivity contribution is 7.14. The van der Waals surface area contributed by atoms with Gasteiger partial charge in [0, 0.05) is 22.0 Å². The zero-order chi connectivity index (χ0) is 19.4. The summed E-state index contributed by atoms with van der Waals surface area (Å²) < 4.78 is 5.33. The summed E-state index contributed by atoms with van der Waals surface area (Å²) >= 11 is 7.39. The van der Waals surface area contributed by atoms with Crippen LogP contribution in [-0.2, 0) is 4.79 Å². The van der Waals surface area contributed by atoms with Crippen LogP contribution in [-0.4, -0.2) is 22.4 Å². The molecule has 1 heterocycles. The molecule has 0 aliphatic rings. The molecule has 3 rings (SSSR count). The van der Waals surface area contributed by atoms with Crippen molar-refractivity contribution in [3.05, 3.63) is 68.5 Å². The summed E-state index contributed by atoms with van der Waals surface area (Å²) in [4.78, 5) is 26.9. The molecule has 138 valence electrons. The Morgan fingerprint density at radius 2 is 2.11 bits per heavy atom. The summed E-state index contributed by atoms with van der Waals surface area (Å²) in [5.41, 5.74) is 2.02. The van der Waals surface area contributed by atoms with Crippen LogP contribution in [0.3, 0.4) is 0 Å². The van der Waals surface area contributed by atoms with E-state index in [1.54, 1.807) is 24.4 Å². The Labute approximate surface area is 163 Å². The predicted molar refractivity (Wildman–Crippen MR) is 105 cm³/mol. The van der Waals surface area contributed by atoms with E-state index in [0.717, 1.165) is 11.1 Å². The number of nitrogens with one attached hydrogen (secondary N) is 1. The zero-order valence-electron chi connectivity index (χ0n) is 14.1. The number of halogens is 1. The van der Waals surface area contributed by atoms with E-state index in [4.69, 9.17) is 16.3 Å². The molecular weight excluding hydrogens is 390 g/mol. The molecule has 0 aliphatic carbocycles. The third-order valence-electron chi connectivity index (χ3n) is 3.57. The molecule has 1 aromatic heterocycles. The molecule has 27 heavy (non-hydrogen) atoms. The van der Waals surface area contributed by atoms with Crippen LogP contribution in [0.4, 0.5) is 10.8 Å². The first kappa shape index (κ1) is 18.8. The number of amides is 1. The maximum atomic E-state index is 12.1. The van der Waals surface area contributed by atoms with Crippen LogP contribution in [0.1, 0.15) is 5.56 Å². The van der Waals surface area contributed by atoms with Crippen molar-refractivity contribution in [2.24, 2.45) is 0 Å². The first-order valence-electron chi connectivity index (χ1n) is 7.82. The number of nitro groups is 1. The highest BCUT2D eigenvalue weighted by Gasteiger charge is 2.17. The van der Waals surface area contributed by atoms with E-state index in [1.807, 2.05) is 18.2 Å². The Bertz CT molecular complexity index is 1010. The summed E-state index contributed by atoms with van der Waals surface area (Å²) in [6, 6.07) is 11.7. The number of hydrogen-bond donors (Lipinski definition) is 1. The number of aryl methyl sites for hydroxylation is 1. The number of anilines is 1. The lowest BCUT2D eigenvalue weighted by Gasteiger charge is -2.07. The molecule has 0 radical (unpaired) electrons. The Morgan fingerprint density at radius 3 is 2.85 bits per heavy atom. The molecule has 7 nitrogen and oxygen atoms in total. The van der Waals surface area contributed by atoms with Crippen LogP contribution in [0, 0.1) is 17.0 Å². The van der Waals surface area contributed by atoms with E-state index >= 15 is 0 Å². The quantitative estimate of drug-likeness (QED) is 0.475. The first-order chi connectivity index (χ1) is 12.9. The Hall–Kier alpha value is -2.97. The van der Waals surface area contributed by atoms with Gasteiger partial charge < -0.3 is 4.74 Å². The molecule has 0 spiro atoms. The van der Waals surface area contributed by atoms with Crippen molar-refractivity contribution in [3.8, 4) is 17.0 Å². The summed E-state index contributed by atoms with van der Waals surface area (Å²) in [6.07, 6.45) is 0. The second kappa shape index (κ2) is 8.15. The number of hydrogen-bond acceptors (Lipinski definition) is 6. The lowest BCUT2D eigenvalue weighted by atomic mass is 10.2. The van der Waals surface area contributed by atoms with E-state index in [2.05, 4.69) is 10.3 Å². The van der Waals surface area contributed by atoms with Crippen molar-refractivity contribution in [2.75, 3.05) is 11.9 Å². The molecule has 9 heteroatoms. The monoisotopic (exact) mass is 403 g/mol. The van der Waals surface area contributed by atoms with Gasteiger partial charge in [0.1, 0.15) is 0 Å². The SMILES string of the molecule is Cc1ccc([N+](=O)[O-])c(OCC(=O)Nc2nc(-c3ccccc3Cl)cs2)c1. The van der Waals surface area contributed by atoms with Gasteiger partial charge in [0.05, 0.1) is 10.6 Å². The van der Waals surface area contributed by atoms with Gasteiger partial charge in [-0.15, -0.1) is 11.3 Å². The van der Waals surface area contributed by atoms with Gasteiger partial charge in [-0.2, -0.15) is 0 Å². The number of rotatable bonds is 6. The average Bonchev–Trinajstić information content (AvgIpc) is 3.08. The van der Waals surface area contributed by atoms with E-state index < -0.39 is 10.8 Å². The minimum atomic E-state index is -0.552. The molecule has 1 amide bonds. The number of benzene rings is 2. The number of thiazole rings is 1. The number of carbonyl (C=O) groups is 1. The molecule has 0 saturated heterocycles. The molecule has 0 fully saturated rings. The van der Waals surface area contributed by atoms with Gasteiger partial charge in [-0.3, -0.25) is 20.2 Å². The fourth-order valence-electron chi connectivity index (χ4n) is 2.31. The molecular formula is C18H14ClN3O4S. The lowest BCUT2D eigenvalue weighted by Crippen LogP contribution is -2.20. The molecule has 0 saturated carbocycles. The Kier molecular flexibility index (Phi) is 5.68.